The summed E-state index contributed by atoms with van der Waals surface area (Å²) in [5, 5.41) is 4.17. The summed E-state index contributed by atoms with van der Waals surface area (Å²) in [6.45, 7) is 1.87. The van der Waals surface area contributed by atoms with E-state index in [1.54, 1.807) is 4.52 Å². The second-order valence-electron chi connectivity index (χ2n) is 2.63. The van der Waals surface area contributed by atoms with Crippen LogP contribution in [-0.4, -0.2) is 14.6 Å². The molecular formula is C8H8ClN3. The summed E-state index contributed by atoms with van der Waals surface area (Å²) in [4.78, 5) is 4.20. The monoisotopic (exact) mass is 181 g/mol. The maximum absolute atomic E-state index is 5.67. The minimum Gasteiger partial charge on any atom is -0.221 e. The number of alkyl halides is 1. The van der Waals surface area contributed by atoms with E-state index in [4.69, 9.17) is 11.6 Å². The molecule has 0 aromatic carbocycles. The third-order valence-corrected chi connectivity index (χ3v) is 1.96. The Balaban J connectivity index is 2.66. The van der Waals surface area contributed by atoms with Crippen LogP contribution in [0.15, 0.2) is 18.3 Å². The molecule has 2 aromatic rings. The van der Waals surface area contributed by atoms with Gasteiger partial charge in [-0.05, 0) is 18.6 Å². The van der Waals surface area contributed by atoms with Crippen molar-refractivity contribution >= 4 is 17.2 Å². The second kappa shape index (κ2) is 2.75. The molecule has 2 heterocycles. The molecule has 2 rings (SSSR count). The fourth-order valence-corrected chi connectivity index (χ4v) is 1.27. The quantitative estimate of drug-likeness (QED) is 0.628. The van der Waals surface area contributed by atoms with Crippen molar-refractivity contribution < 1.29 is 0 Å². The van der Waals surface area contributed by atoms with E-state index >= 15 is 0 Å². The Bertz CT molecular complexity index is 408. The van der Waals surface area contributed by atoms with Gasteiger partial charge in [-0.25, -0.2) is 9.50 Å². The normalized spacial score (nSPS) is 10.8. The van der Waals surface area contributed by atoms with Gasteiger partial charge >= 0.3 is 0 Å². The molecule has 0 aliphatic rings. The first-order chi connectivity index (χ1) is 5.79. The fourth-order valence-electron chi connectivity index (χ4n) is 1.12. The van der Waals surface area contributed by atoms with Crippen molar-refractivity contribution in [3.8, 4) is 0 Å². The van der Waals surface area contributed by atoms with Crippen molar-refractivity contribution in [1.29, 1.82) is 0 Å². The van der Waals surface area contributed by atoms with Crippen LogP contribution < -0.4 is 0 Å². The molecule has 0 saturated heterocycles. The standard InChI is InChI=1S/C8H8ClN3/c1-6-10-8-3-2-7(4-9)5-12(8)11-6/h2-3,5H,4H2,1H3. The van der Waals surface area contributed by atoms with Crippen LogP contribution in [-0.2, 0) is 5.88 Å². The van der Waals surface area contributed by atoms with Crippen molar-refractivity contribution in [2.45, 2.75) is 12.8 Å². The van der Waals surface area contributed by atoms with Crippen LogP contribution in [0.4, 0.5) is 0 Å². The smallest absolute Gasteiger partial charge is 0.155 e. The highest BCUT2D eigenvalue weighted by Crippen LogP contribution is 2.06. The molecule has 0 saturated carbocycles. The number of aryl methyl sites for hydroxylation is 1. The Morgan fingerprint density at radius 1 is 1.50 bits per heavy atom. The Hall–Kier alpha value is -1.09. The van der Waals surface area contributed by atoms with E-state index in [0.717, 1.165) is 17.0 Å². The molecule has 0 fully saturated rings. The topological polar surface area (TPSA) is 30.2 Å². The van der Waals surface area contributed by atoms with Gasteiger partial charge < -0.3 is 0 Å². The van der Waals surface area contributed by atoms with Crippen LogP contribution in [0.3, 0.4) is 0 Å². The lowest BCUT2D eigenvalue weighted by Gasteiger charge is -1.94. The lowest BCUT2D eigenvalue weighted by atomic mass is 10.3. The first-order valence-electron chi connectivity index (χ1n) is 3.67. The Labute approximate surface area is 75.0 Å². The maximum atomic E-state index is 5.67. The van der Waals surface area contributed by atoms with Crippen molar-refractivity contribution in [2.75, 3.05) is 0 Å². The molecule has 3 nitrogen and oxygen atoms in total. The summed E-state index contributed by atoms with van der Waals surface area (Å²) in [5.41, 5.74) is 1.91. The molecule has 0 aliphatic carbocycles. The molecule has 4 heteroatoms. The van der Waals surface area contributed by atoms with Crippen LogP contribution in [0.1, 0.15) is 11.4 Å². The molecule has 0 atom stereocenters. The molecular weight excluding hydrogens is 174 g/mol. The van der Waals surface area contributed by atoms with Crippen LogP contribution in [0.25, 0.3) is 5.65 Å². The van der Waals surface area contributed by atoms with E-state index in [9.17, 15) is 0 Å². The Kier molecular flexibility index (Phi) is 1.73. The second-order valence-corrected chi connectivity index (χ2v) is 2.90. The summed E-state index contributed by atoms with van der Waals surface area (Å²) in [6.07, 6.45) is 1.89. The van der Waals surface area contributed by atoms with E-state index < -0.39 is 0 Å². The first-order valence-corrected chi connectivity index (χ1v) is 4.21. The number of aromatic nitrogens is 3. The third kappa shape index (κ3) is 1.16. The van der Waals surface area contributed by atoms with Crippen LogP contribution >= 0.6 is 11.6 Å². The Morgan fingerprint density at radius 2 is 2.33 bits per heavy atom. The zero-order chi connectivity index (χ0) is 8.55. The minimum absolute atomic E-state index is 0.509. The van der Waals surface area contributed by atoms with Crippen molar-refractivity contribution in [2.24, 2.45) is 0 Å². The molecule has 0 spiro atoms. The SMILES string of the molecule is Cc1nc2ccc(CCl)cn2n1. The van der Waals surface area contributed by atoms with E-state index in [2.05, 4.69) is 10.1 Å². The highest BCUT2D eigenvalue weighted by Gasteiger charge is 1.98. The van der Waals surface area contributed by atoms with Gasteiger partial charge in [-0.15, -0.1) is 11.6 Å². The number of pyridine rings is 1. The molecule has 62 valence electrons. The summed E-state index contributed by atoms with van der Waals surface area (Å²) in [6, 6.07) is 3.87. The fraction of sp³-hybridized carbons (Fsp3) is 0.250. The summed E-state index contributed by atoms with van der Waals surface area (Å²) < 4.78 is 1.74. The van der Waals surface area contributed by atoms with Gasteiger partial charge in [0.2, 0.25) is 0 Å². The number of hydrogen-bond donors (Lipinski definition) is 0. The van der Waals surface area contributed by atoms with Gasteiger partial charge in [-0.3, -0.25) is 0 Å². The van der Waals surface area contributed by atoms with Crippen molar-refractivity contribution in [1.82, 2.24) is 14.6 Å². The largest absolute Gasteiger partial charge is 0.221 e. The predicted molar refractivity (Wildman–Crippen MR) is 47.3 cm³/mol. The molecule has 0 radical (unpaired) electrons. The van der Waals surface area contributed by atoms with E-state index in [1.165, 1.54) is 0 Å². The van der Waals surface area contributed by atoms with Crippen molar-refractivity contribution in [3.05, 3.63) is 29.7 Å². The predicted octanol–water partition coefficient (Wildman–Crippen LogP) is 1.78. The molecule has 0 N–H and O–H groups in total. The highest BCUT2D eigenvalue weighted by atomic mass is 35.5. The summed E-state index contributed by atoms with van der Waals surface area (Å²) >= 11 is 5.67. The number of nitrogens with zero attached hydrogens (tertiary/aromatic N) is 3. The zero-order valence-electron chi connectivity index (χ0n) is 6.66. The van der Waals surface area contributed by atoms with Crippen LogP contribution in [0, 0.1) is 6.92 Å². The number of halogens is 1. The van der Waals surface area contributed by atoms with Gasteiger partial charge in [-0.2, -0.15) is 5.10 Å². The molecule has 2 aromatic heterocycles. The number of hydrogen-bond acceptors (Lipinski definition) is 2. The van der Waals surface area contributed by atoms with E-state index in [0.29, 0.717) is 5.88 Å². The molecule has 0 amide bonds. The van der Waals surface area contributed by atoms with E-state index in [-0.39, 0.29) is 0 Å². The van der Waals surface area contributed by atoms with Gasteiger partial charge in [0.25, 0.3) is 0 Å². The van der Waals surface area contributed by atoms with Crippen LogP contribution in [0.2, 0.25) is 0 Å². The average Bonchev–Trinajstić information content (AvgIpc) is 2.43. The molecule has 0 unspecified atom stereocenters. The van der Waals surface area contributed by atoms with Gasteiger partial charge in [0.05, 0.1) is 0 Å². The summed E-state index contributed by atoms with van der Waals surface area (Å²) in [5.74, 6) is 1.29. The van der Waals surface area contributed by atoms with Gasteiger partial charge in [0.15, 0.2) is 5.65 Å². The zero-order valence-corrected chi connectivity index (χ0v) is 7.41. The molecule has 12 heavy (non-hydrogen) atoms. The van der Waals surface area contributed by atoms with Crippen LogP contribution in [0.5, 0.6) is 0 Å². The van der Waals surface area contributed by atoms with Gasteiger partial charge in [0, 0.05) is 12.1 Å². The number of fused-ring (bicyclic) bond motifs is 1. The molecule has 0 aliphatic heterocycles. The lowest BCUT2D eigenvalue weighted by molar-refractivity contribution is 0.922. The van der Waals surface area contributed by atoms with Crippen molar-refractivity contribution in [3.63, 3.8) is 0 Å². The lowest BCUT2D eigenvalue weighted by Crippen LogP contribution is -1.89. The average molecular weight is 182 g/mol. The first kappa shape index (κ1) is 7.55. The van der Waals surface area contributed by atoms with Gasteiger partial charge in [0.1, 0.15) is 5.82 Å². The Morgan fingerprint density at radius 3 is 3.08 bits per heavy atom. The minimum atomic E-state index is 0.509. The molecule has 0 bridgehead atoms. The number of rotatable bonds is 1. The summed E-state index contributed by atoms with van der Waals surface area (Å²) in [7, 11) is 0. The highest BCUT2D eigenvalue weighted by molar-refractivity contribution is 6.17. The third-order valence-electron chi connectivity index (χ3n) is 1.65. The van der Waals surface area contributed by atoms with Gasteiger partial charge in [-0.1, -0.05) is 6.07 Å². The maximum Gasteiger partial charge on any atom is 0.155 e. The van der Waals surface area contributed by atoms with E-state index in [1.807, 2.05) is 25.3 Å².